The number of ketones is 1. The highest BCUT2D eigenvalue weighted by Gasteiger charge is 2.09. The van der Waals surface area contributed by atoms with Crippen LogP contribution >= 0.6 is 11.6 Å². The number of alkyl halides is 1. The second-order valence-electron chi connectivity index (χ2n) is 3.51. The van der Waals surface area contributed by atoms with Crippen LogP contribution in [0.2, 0.25) is 0 Å². The highest BCUT2D eigenvalue weighted by Crippen LogP contribution is 2.17. The maximum absolute atomic E-state index is 11.4. The van der Waals surface area contributed by atoms with E-state index in [-0.39, 0.29) is 11.3 Å². The van der Waals surface area contributed by atoms with E-state index in [1.54, 1.807) is 24.3 Å². The number of hydrogen-bond donors (Lipinski definition) is 0. The van der Waals surface area contributed by atoms with Crippen molar-refractivity contribution in [2.75, 3.05) is 0 Å². The van der Waals surface area contributed by atoms with Gasteiger partial charge in [0.1, 0.15) is 11.1 Å². The number of rotatable bonds is 2. The fourth-order valence-corrected chi connectivity index (χ4v) is 1.67. The van der Waals surface area contributed by atoms with Crippen molar-refractivity contribution in [3.05, 3.63) is 45.8 Å². The normalized spacial score (nSPS) is 10.6. The lowest BCUT2D eigenvalue weighted by molar-refractivity contribution is 0.101. The minimum Gasteiger partial charge on any atom is -0.422 e. The quantitative estimate of drug-likeness (QED) is 0.458. The van der Waals surface area contributed by atoms with E-state index < -0.39 is 5.63 Å². The van der Waals surface area contributed by atoms with Crippen LogP contribution in [0.4, 0.5) is 0 Å². The van der Waals surface area contributed by atoms with Gasteiger partial charge in [-0.3, -0.25) is 4.79 Å². The Kier molecular flexibility index (Phi) is 2.79. The van der Waals surface area contributed by atoms with Crippen molar-refractivity contribution in [3.63, 3.8) is 0 Å². The lowest BCUT2D eigenvalue weighted by Gasteiger charge is -2.01. The summed E-state index contributed by atoms with van der Waals surface area (Å²) in [6, 6.07) is 6.81. The zero-order valence-electron chi connectivity index (χ0n) is 8.62. The first kappa shape index (κ1) is 10.9. The van der Waals surface area contributed by atoms with Crippen LogP contribution < -0.4 is 5.63 Å². The lowest BCUT2D eigenvalue weighted by Crippen LogP contribution is -2.10. The molecule has 82 valence electrons. The maximum atomic E-state index is 11.4. The molecule has 0 radical (unpaired) electrons. The van der Waals surface area contributed by atoms with Gasteiger partial charge in [-0.25, -0.2) is 4.79 Å². The van der Waals surface area contributed by atoms with Gasteiger partial charge in [-0.1, -0.05) is 6.07 Å². The molecule has 0 aliphatic heterocycles. The Balaban J connectivity index is 2.75. The smallest absolute Gasteiger partial charge is 0.347 e. The minimum absolute atomic E-state index is 0.0687. The van der Waals surface area contributed by atoms with Gasteiger partial charge >= 0.3 is 5.63 Å². The Morgan fingerprint density at radius 3 is 2.75 bits per heavy atom. The van der Waals surface area contributed by atoms with Gasteiger partial charge in [0, 0.05) is 11.3 Å². The van der Waals surface area contributed by atoms with Gasteiger partial charge in [-0.2, -0.15) is 0 Å². The van der Waals surface area contributed by atoms with Gasteiger partial charge in [0.25, 0.3) is 0 Å². The average molecular weight is 237 g/mol. The Morgan fingerprint density at radius 2 is 2.12 bits per heavy atom. The number of carbonyl (C=O) groups is 1. The molecule has 2 rings (SSSR count). The van der Waals surface area contributed by atoms with Crippen molar-refractivity contribution >= 4 is 28.4 Å². The fourth-order valence-electron chi connectivity index (χ4n) is 1.50. The van der Waals surface area contributed by atoms with Crippen LogP contribution in [0.5, 0.6) is 0 Å². The fraction of sp³-hybridized carbons (Fsp3) is 0.167. The summed E-state index contributed by atoms with van der Waals surface area (Å²) in [5, 5.41) is 0.711. The zero-order chi connectivity index (χ0) is 11.7. The Morgan fingerprint density at radius 1 is 1.38 bits per heavy atom. The molecule has 0 fully saturated rings. The van der Waals surface area contributed by atoms with Crippen molar-refractivity contribution in [1.82, 2.24) is 0 Å². The molecule has 1 heterocycles. The predicted molar refractivity (Wildman–Crippen MR) is 62.0 cm³/mol. The van der Waals surface area contributed by atoms with Crippen LogP contribution in [0.25, 0.3) is 11.0 Å². The van der Waals surface area contributed by atoms with Crippen molar-refractivity contribution in [2.45, 2.75) is 12.8 Å². The second-order valence-corrected chi connectivity index (χ2v) is 3.78. The monoisotopic (exact) mass is 236 g/mol. The summed E-state index contributed by atoms with van der Waals surface area (Å²) in [6.45, 7) is 1.34. The number of benzene rings is 1. The average Bonchev–Trinajstić information content (AvgIpc) is 2.27. The van der Waals surface area contributed by atoms with Gasteiger partial charge in [-0.05, 0) is 30.7 Å². The zero-order valence-corrected chi connectivity index (χ0v) is 9.38. The van der Waals surface area contributed by atoms with E-state index in [1.807, 2.05) is 0 Å². The standard InChI is InChI=1S/C12H9ClO3/c1-7(14)10-5-9-4-8(6-13)2-3-11(9)16-12(10)15/h2-5H,6H2,1H3. The van der Waals surface area contributed by atoms with E-state index in [0.717, 1.165) is 5.56 Å². The molecule has 16 heavy (non-hydrogen) atoms. The first-order chi connectivity index (χ1) is 7.61. The van der Waals surface area contributed by atoms with Gasteiger partial charge in [0.05, 0.1) is 0 Å². The molecule has 0 saturated heterocycles. The molecular weight excluding hydrogens is 228 g/mol. The number of hydrogen-bond acceptors (Lipinski definition) is 3. The molecule has 1 aromatic heterocycles. The van der Waals surface area contributed by atoms with Crippen LogP contribution in [-0.4, -0.2) is 5.78 Å². The van der Waals surface area contributed by atoms with Crippen LogP contribution in [0.3, 0.4) is 0 Å². The van der Waals surface area contributed by atoms with Crippen LogP contribution in [0.1, 0.15) is 22.8 Å². The van der Waals surface area contributed by atoms with E-state index in [2.05, 4.69) is 0 Å². The predicted octanol–water partition coefficient (Wildman–Crippen LogP) is 2.73. The third kappa shape index (κ3) is 1.86. The van der Waals surface area contributed by atoms with E-state index in [0.29, 0.717) is 16.8 Å². The molecule has 0 unspecified atom stereocenters. The van der Waals surface area contributed by atoms with E-state index in [1.165, 1.54) is 6.92 Å². The molecule has 0 N–H and O–H groups in total. The summed E-state index contributed by atoms with van der Waals surface area (Å²) in [7, 11) is 0. The summed E-state index contributed by atoms with van der Waals surface area (Å²) >= 11 is 5.70. The molecule has 0 amide bonds. The SMILES string of the molecule is CC(=O)c1cc2cc(CCl)ccc2oc1=O. The van der Waals surface area contributed by atoms with Crippen molar-refractivity contribution < 1.29 is 9.21 Å². The number of Topliss-reactive ketones (excluding diaryl/α,β-unsaturated/α-hetero) is 1. The highest BCUT2D eigenvalue weighted by atomic mass is 35.5. The Bertz CT molecular complexity index is 613. The largest absolute Gasteiger partial charge is 0.422 e. The van der Waals surface area contributed by atoms with Crippen molar-refractivity contribution in [1.29, 1.82) is 0 Å². The van der Waals surface area contributed by atoms with E-state index in [4.69, 9.17) is 16.0 Å². The Labute approximate surface area is 96.6 Å². The number of fused-ring (bicyclic) bond motifs is 1. The summed E-state index contributed by atoms with van der Waals surface area (Å²) in [5.41, 5.74) is 0.847. The topological polar surface area (TPSA) is 47.3 Å². The van der Waals surface area contributed by atoms with Crippen molar-refractivity contribution in [3.8, 4) is 0 Å². The number of carbonyl (C=O) groups excluding carboxylic acids is 1. The van der Waals surface area contributed by atoms with Gasteiger partial charge in [-0.15, -0.1) is 11.6 Å². The van der Waals surface area contributed by atoms with Crippen LogP contribution in [0.15, 0.2) is 33.5 Å². The molecule has 2 aromatic rings. The van der Waals surface area contributed by atoms with Gasteiger partial charge < -0.3 is 4.42 Å². The van der Waals surface area contributed by atoms with E-state index in [9.17, 15) is 9.59 Å². The lowest BCUT2D eigenvalue weighted by atomic mass is 10.1. The Hall–Kier alpha value is -1.61. The molecule has 4 heteroatoms. The molecule has 0 aliphatic rings. The first-order valence-electron chi connectivity index (χ1n) is 4.75. The third-order valence-corrected chi connectivity index (χ3v) is 2.64. The molecule has 0 bridgehead atoms. The molecule has 0 saturated carbocycles. The second kappa shape index (κ2) is 4.10. The maximum Gasteiger partial charge on any atom is 0.347 e. The third-order valence-electron chi connectivity index (χ3n) is 2.33. The summed E-state index contributed by atoms with van der Waals surface area (Å²) < 4.78 is 5.03. The van der Waals surface area contributed by atoms with E-state index >= 15 is 0 Å². The molecule has 0 spiro atoms. The molecule has 3 nitrogen and oxygen atoms in total. The molecule has 0 atom stereocenters. The van der Waals surface area contributed by atoms with Crippen molar-refractivity contribution in [2.24, 2.45) is 0 Å². The number of halogens is 1. The van der Waals surface area contributed by atoms with Gasteiger partial charge in [0.2, 0.25) is 0 Å². The molecule has 1 aromatic carbocycles. The summed E-state index contributed by atoms with van der Waals surface area (Å²) in [6.07, 6.45) is 0. The summed E-state index contributed by atoms with van der Waals surface area (Å²) in [4.78, 5) is 22.6. The first-order valence-corrected chi connectivity index (χ1v) is 5.29. The molecular formula is C12H9ClO3. The highest BCUT2D eigenvalue weighted by molar-refractivity contribution is 6.17. The van der Waals surface area contributed by atoms with Crippen LogP contribution in [-0.2, 0) is 5.88 Å². The van der Waals surface area contributed by atoms with Crippen LogP contribution in [0, 0.1) is 0 Å². The summed E-state index contributed by atoms with van der Waals surface area (Å²) in [5.74, 6) is 0.0803. The minimum atomic E-state index is -0.598. The molecule has 0 aliphatic carbocycles. The van der Waals surface area contributed by atoms with Gasteiger partial charge in [0.15, 0.2) is 5.78 Å².